The second-order valence-electron chi connectivity index (χ2n) is 5.56. The minimum Gasteiger partial charge on any atom is -0.481 e. The molecule has 2 N–H and O–H groups in total. The molecule has 0 unspecified atom stereocenters. The van der Waals surface area contributed by atoms with Gasteiger partial charge in [-0.25, -0.2) is 14.4 Å². The van der Waals surface area contributed by atoms with Crippen LogP contribution in [0.2, 0.25) is 0 Å². The van der Waals surface area contributed by atoms with Crippen molar-refractivity contribution < 1.29 is 9.13 Å². The minimum atomic E-state index is -0.261. The van der Waals surface area contributed by atoms with Gasteiger partial charge in [-0.2, -0.15) is 0 Å². The summed E-state index contributed by atoms with van der Waals surface area (Å²) in [6.45, 7) is 0. The van der Waals surface area contributed by atoms with Gasteiger partial charge in [-0.05, 0) is 24.3 Å². The van der Waals surface area contributed by atoms with E-state index < -0.39 is 0 Å². The second-order valence-corrected chi connectivity index (χ2v) is 5.56. The molecule has 5 nitrogen and oxygen atoms in total. The van der Waals surface area contributed by atoms with Crippen LogP contribution >= 0.6 is 0 Å². The third kappa shape index (κ3) is 3.14. The van der Waals surface area contributed by atoms with Gasteiger partial charge < -0.3 is 15.0 Å². The van der Waals surface area contributed by atoms with E-state index in [1.54, 1.807) is 31.6 Å². The fourth-order valence-electron chi connectivity index (χ4n) is 2.63. The number of rotatable bonds is 4. The Kier molecular flexibility index (Phi) is 3.78. The Morgan fingerprint density at radius 3 is 2.72 bits per heavy atom. The van der Waals surface area contributed by atoms with Crippen molar-refractivity contribution in [1.82, 2.24) is 15.0 Å². The molecule has 4 rings (SSSR count). The zero-order valence-electron chi connectivity index (χ0n) is 13.5. The van der Waals surface area contributed by atoms with Crippen molar-refractivity contribution in [3.63, 3.8) is 0 Å². The van der Waals surface area contributed by atoms with E-state index in [9.17, 15) is 4.39 Å². The Balaban J connectivity index is 1.63. The predicted molar refractivity (Wildman–Crippen MR) is 95.6 cm³/mol. The van der Waals surface area contributed by atoms with Gasteiger partial charge in [0.15, 0.2) is 0 Å². The number of hydrogen-bond acceptors (Lipinski definition) is 4. The van der Waals surface area contributed by atoms with Crippen LogP contribution in [0.15, 0.2) is 60.9 Å². The first kappa shape index (κ1) is 15.1. The van der Waals surface area contributed by atoms with Crippen LogP contribution < -0.4 is 10.1 Å². The number of halogens is 1. The SMILES string of the molecule is COc1ccc(Nc2cc3[nH]c(-c4cccc(F)c4)cc3cn2)cn1. The van der Waals surface area contributed by atoms with Crippen LogP contribution in [0.1, 0.15) is 0 Å². The topological polar surface area (TPSA) is 62.8 Å². The fourth-order valence-corrected chi connectivity index (χ4v) is 2.63. The summed E-state index contributed by atoms with van der Waals surface area (Å²) in [6, 6.07) is 14.0. The van der Waals surface area contributed by atoms with Gasteiger partial charge in [-0.1, -0.05) is 12.1 Å². The van der Waals surface area contributed by atoms with Gasteiger partial charge in [0.25, 0.3) is 0 Å². The molecule has 0 aliphatic heterocycles. The zero-order chi connectivity index (χ0) is 17.2. The van der Waals surface area contributed by atoms with Crippen molar-refractivity contribution in [3.8, 4) is 17.1 Å². The number of benzene rings is 1. The first-order chi connectivity index (χ1) is 12.2. The highest BCUT2D eigenvalue weighted by Crippen LogP contribution is 2.26. The molecule has 6 heteroatoms. The summed E-state index contributed by atoms with van der Waals surface area (Å²) in [5.41, 5.74) is 3.37. The zero-order valence-corrected chi connectivity index (χ0v) is 13.5. The third-order valence-corrected chi connectivity index (χ3v) is 3.86. The van der Waals surface area contributed by atoms with E-state index in [0.717, 1.165) is 27.8 Å². The number of pyridine rings is 2. The highest BCUT2D eigenvalue weighted by atomic mass is 19.1. The lowest BCUT2D eigenvalue weighted by Crippen LogP contribution is -1.94. The number of hydrogen-bond donors (Lipinski definition) is 2. The maximum atomic E-state index is 13.4. The van der Waals surface area contributed by atoms with Gasteiger partial charge in [0.1, 0.15) is 11.6 Å². The predicted octanol–water partition coefficient (Wildman–Crippen LogP) is 4.52. The molecule has 4 aromatic rings. The van der Waals surface area contributed by atoms with Crippen LogP contribution in [0.4, 0.5) is 15.9 Å². The van der Waals surface area contributed by atoms with E-state index in [0.29, 0.717) is 11.7 Å². The van der Waals surface area contributed by atoms with E-state index in [2.05, 4.69) is 20.3 Å². The molecule has 124 valence electrons. The molecule has 3 heterocycles. The molecule has 1 aromatic carbocycles. The molecule has 0 radical (unpaired) electrons. The Bertz CT molecular complexity index is 1030. The van der Waals surface area contributed by atoms with Gasteiger partial charge >= 0.3 is 0 Å². The molecule has 0 saturated carbocycles. The standard InChI is InChI=1S/C19H15FN4O/c1-25-19-6-5-15(11-22-19)23-18-9-17-13(10-21-18)8-16(24-17)12-3-2-4-14(20)7-12/h2-11,24H,1H3,(H,21,23). The second kappa shape index (κ2) is 6.24. The van der Waals surface area contributed by atoms with Crippen LogP contribution in [0.3, 0.4) is 0 Å². The lowest BCUT2D eigenvalue weighted by molar-refractivity contribution is 0.398. The van der Waals surface area contributed by atoms with E-state index in [4.69, 9.17) is 4.74 Å². The van der Waals surface area contributed by atoms with E-state index >= 15 is 0 Å². The molecular formula is C19H15FN4O. The monoisotopic (exact) mass is 334 g/mol. The van der Waals surface area contributed by atoms with E-state index in [-0.39, 0.29) is 5.82 Å². The van der Waals surface area contributed by atoms with Crippen molar-refractivity contribution in [1.29, 1.82) is 0 Å². The van der Waals surface area contributed by atoms with Gasteiger partial charge in [0, 0.05) is 35.0 Å². The van der Waals surface area contributed by atoms with Gasteiger partial charge in [0.05, 0.1) is 24.5 Å². The Morgan fingerprint density at radius 1 is 1.04 bits per heavy atom. The third-order valence-electron chi connectivity index (χ3n) is 3.86. The number of nitrogens with zero attached hydrogens (tertiary/aromatic N) is 2. The van der Waals surface area contributed by atoms with Crippen molar-refractivity contribution in [2.75, 3.05) is 12.4 Å². The number of nitrogens with one attached hydrogen (secondary N) is 2. The normalized spacial score (nSPS) is 10.8. The van der Waals surface area contributed by atoms with Crippen molar-refractivity contribution >= 4 is 22.4 Å². The maximum absolute atomic E-state index is 13.4. The number of fused-ring (bicyclic) bond motifs is 1. The molecule has 0 saturated heterocycles. The molecule has 0 bridgehead atoms. The summed E-state index contributed by atoms with van der Waals surface area (Å²) in [7, 11) is 1.58. The molecule has 0 fully saturated rings. The van der Waals surface area contributed by atoms with Crippen molar-refractivity contribution in [2.45, 2.75) is 0 Å². The van der Waals surface area contributed by atoms with Crippen LogP contribution in [0, 0.1) is 5.82 Å². The number of methoxy groups -OCH3 is 1. The van der Waals surface area contributed by atoms with Crippen molar-refractivity contribution in [2.24, 2.45) is 0 Å². The van der Waals surface area contributed by atoms with Gasteiger partial charge in [-0.3, -0.25) is 0 Å². The molecule has 25 heavy (non-hydrogen) atoms. The number of H-pyrrole nitrogens is 1. The quantitative estimate of drug-likeness (QED) is 0.576. The van der Waals surface area contributed by atoms with Crippen LogP contribution in [-0.4, -0.2) is 22.1 Å². The number of ether oxygens (including phenoxy) is 1. The van der Waals surface area contributed by atoms with Crippen molar-refractivity contribution in [3.05, 3.63) is 66.7 Å². The van der Waals surface area contributed by atoms with Crippen LogP contribution in [-0.2, 0) is 0 Å². The molecule has 0 amide bonds. The summed E-state index contributed by atoms with van der Waals surface area (Å²) in [4.78, 5) is 11.9. The molecular weight excluding hydrogens is 319 g/mol. The van der Waals surface area contributed by atoms with E-state index in [1.807, 2.05) is 24.3 Å². The van der Waals surface area contributed by atoms with Crippen LogP contribution in [0.25, 0.3) is 22.2 Å². The first-order valence-electron chi connectivity index (χ1n) is 7.73. The minimum absolute atomic E-state index is 0.261. The largest absolute Gasteiger partial charge is 0.481 e. The highest BCUT2D eigenvalue weighted by Gasteiger charge is 2.06. The summed E-state index contributed by atoms with van der Waals surface area (Å²) in [5.74, 6) is 0.980. The summed E-state index contributed by atoms with van der Waals surface area (Å²) in [5, 5.41) is 4.15. The average Bonchev–Trinajstić information content (AvgIpc) is 3.06. The summed E-state index contributed by atoms with van der Waals surface area (Å²) in [6.07, 6.45) is 3.45. The Morgan fingerprint density at radius 2 is 1.96 bits per heavy atom. The molecule has 0 atom stereocenters. The lowest BCUT2D eigenvalue weighted by Gasteiger charge is -2.05. The lowest BCUT2D eigenvalue weighted by atomic mass is 10.1. The van der Waals surface area contributed by atoms with Crippen LogP contribution in [0.5, 0.6) is 5.88 Å². The smallest absolute Gasteiger partial charge is 0.213 e. The van der Waals surface area contributed by atoms with Gasteiger partial charge in [0.2, 0.25) is 5.88 Å². The van der Waals surface area contributed by atoms with Gasteiger partial charge in [-0.15, -0.1) is 0 Å². The maximum Gasteiger partial charge on any atom is 0.213 e. The fraction of sp³-hybridized carbons (Fsp3) is 0.0526. The number of aromatic nitrogens is 3. The number of anilines is 2. The number of aromatic amines is 1. The Hall–Kier alpha value is -3.41. The average molecular weight is 334 g/mol. The summed E-state index contributed by atoms with van der Waals surface area (Å²) < 4.78 is 18.5. The highest BCUT2D eigenvalue weighted by molar-refractivity contribution is 5.87. The summed E-state index contributed by atoms with van der Waals surface area (Å²) >= 11 is 0. The molecule has 0 spiro atoms. The molecule has 0 aliphatic carbocycles. The first-order valence-corrected chi connectivity index (χ1v) is 7.73. The molecule has 3 aromatic heterocycles. The Labute approximate surface area is 143 Å². The molecule has 0 aliphatic rings. The van der Waals surface area contributed by atoms with E-state index in [1.165, 1.54) is 12.1 Å².